The zero-order valence-corrected chi connectivity index (χ0v) is 11.1. The molecular weight excluding hydrogens is 250 g/mol. The molecule has 0 saturated carbocycles. The fraction of sp³-hybridized carbons (Fsp3) is 0.500. The molecule has 7 heteroatoms. The summed E-state index contributed by atoms with van der Waals surface area (Å²) >= 11 is 0. The fourth-order valence-corrected chi connectivity index (χ4v) is 1.24. The standard InChI is InChI=1S/C12H17N3O4/c1-8-6-13-7-14-10(8)19-5-4-9(16)15-12(2,3)11(17)18/h6-7H,4-5H2,1-3H3,(H,15,16)(H,17,18). The van der Waals surface area contributed by atoms with Crippen LogP contribution in [0.25, 0.3) is 0 Å². The van der Waals surface area contributed by atoms with Crippen LogP contribution in [-0.2, 0) is 9.59 Å². The van der Waals surface area contributed by atoms with Gasteiger partial charge >= 0.3 is 5.97 Å². The van der Waals surface area contributed by atoms with E-state index in [1.54, 1.807) is 13.1 Å². The number of nitrogens with one attached hydrogen (secondary N) is 1. The van der Waals surface area contributed by atoms with E-state index in [0.717, 1.165) is 5.56 Å². The van der Waals surface area contributed by atoms with Gasteiger partial charge in [-0.15, -0.1) is 0 Å². The highest BCUT2D eigenvalue weighted by molar-refractivity contribution is 5.86. The molecule has 0 atom stereocenters. The second kappa shape index (κ2) is 6.12. The van der Waals surface area contributed by atoms with Gasteiger partial charge in [0.1, 0.15) is 11.9 Å². The molecule has 1 rings (SSSR count). The van der Waals surface area contributed by atoms with Crippen molar-refractivity contribution in [1.29, 1.82) is 0 Å². The summed E-state index contributed by atoms with van der Waals surface area (Å²) in [7, 11) is 0. The molecule has 0 saturated heterocycles. The van der Waals surface area contributed by atoms with Gasteiger partial charge in [0.05, 0.1) is 13.0 Å². The lowest BCUT2D eigenvalue weighted by Gasteiger charge is -2.20. The summed E-state index contributed by atoms with van der Waals surface area (Å²) in [4.78, 5) is 30.1. The molecule has 0 bridgehead atoms. The number of ether oxygens (including phenoxy) is 1. The number of carbonyl (C=O) groups excluding carboxylic acids is 1. The first-order valence-electron chi connectivity index (χ1n) is 5.77. The van der Waals surface area contributed by atoms with Gasteiger partial charge in [-0.2, -0.15) is 0 Å². The molecule has 2 N–H and O–H groups in total. The van der Waals surface area contributed by atoms with Crippen LogP contribution in [0.4, 0.5) is 0 Å². The lowest BCUT2D eigenvalue weighted by molar-refractivity contribution is -0.146. The number of carboxylic acids is 1. The Morgan fingerprint density at radius 2 is 2.16 bits per heavy atom. The Labute approximate surface area is 111 Å². The quantitative estimate of drug-likeness (QED) is 0.779. The van der Waals surface area contributed by atoms with Crippen LogP contribution in [0, 0.1) is 6.92 Å². The van der Waals surface area contributed by atoms with Gasteiger partial charge in [-0.25, -0.2) is 14.8 Å². The van der Waals surface area contributed by atoms with E-state index in [4.69, 9.17) is 9.84 Å². The molecule has 0 spiro atoms. The van der Waals surface area contributed by atoms with E-state index in [-0.39, 0.29) is 18.9 Å². The zero-order valence-electron chi connectivity index (χ0n) is 11.1. The molecule has 19 heavy (non-hydrogen) atoms. The van der Waals surface area contributed by atoms with E-state index in [0.29, 0.717) is 5.88 Å². The van der Waals surface area contributed by atoms with Crippen molar-refractivity contribution in [1.82, 2.24) is 15.3 Å². The van der Waals surface area contributed by atoms with Gasteiger partial charge in [0.2, 0.25) is 11.8 Å². The molecule has 1 heterocycles. The molecule has 104 valence electrons. The maximum atomic E-state index is 11.6. The number of hydrogen-bond acceptors (Lipinski definition) is 5. The lowest BCUT2D eigenvalue weighted by Crippen LogP contribution is -2.49. The maximum absolute atomic E-state index is 11.6. The second-order valence-electron chi connectivity index (χ2n) is 4.59. The molecule has 7 nitrogen and oxygen atoms in total. The van der Waals surface area contributed by atoms with E-state index >= 15 is 0 Å². The Balaban J connectivity index is 2.40. The van der Waals surface area contributed by atoms with Gasteiger partial charge in [0, 0.05) is 11.8 Å². The molecule has 1 amide bonds. The highest BCUT2D eigenvalue weighted by Gasteiger charge is 2.28. The highest BCUT2D eigenvalue weighted by Crippen LogP contribution is 2.10. The molecule has 0 aliphatic rings. The number of nitrogens with zero attached hydrogens (tertiary/aromatic N) is 2. The first-order valence-corrected chi connectivity index (χ1v) is 5.77. The Morgan fingerprint density at radius 1 is 1.47 bits per heavy atom. The lowest BCUT2D eigenvalue weighted by atomic mass is 10.1. The number of aliphatic carboxylic acids is 1. The van der Waals surface area contributed by atoms with Gasteiger partial charge in [-0.1, -0.05) is 0 Å². The Hall–Kier alpha value is -2.18. The monoisotopic (exact) mass is 267 g/mol. The number of aromatic nitrogens is 2. The number of rotatable bonds is 6. The van der Waals surface area contributed by atoms with Crippen LogP contribution in [-0.4, -0.2) is 39.1 Å². The first-order chi connectivity index (χ1) is 8.83. The van der Waals surface area contributed by atoms with Crippen LogP contribution in [0.2, 0.25) is 0 Å². The minimum atomic E-state index is -1.29. The number of aryl methyl sites for hydroxylation is 1. The van der Waals surface area contributed by atoms with Crippen LogP contribution in [0.15, 0.2) is 12.5 Å². The van der Waals surface area contributed by atoms with Crippen LogP contribution in [0.3, 0.4) is 0 Å². The predicted molar refractivity (Wildman–Crippen MR) is 66.7 cm³/mol. The molecule has 0 fully saturated rings. The molecule has 0 radical (unpaired) electrons. The molecular formula is C12H17N3O4. The van der Waals surface area contributed by atoms with Crippen molar-refractivity contribution < 1.29 is 19.4 Å². The summed E-state index contributed by atoms with van der Waals surface area (Å²) < 4.78 is 5.32. The summed E-state index contributed by atoms with van der Waals surface area (Å²) in [6, 6.07) is 0. The Morgan fingerprint density at radius 3 is 2.74 bits per heavy atom. The number of carbonyl (C=O) groups is 2. The van der Waals surface area contributed by atoms with Crippen molar-refractivity contribution in [3.63, 3.8) is 0 Å². The first kappa shape index (κ1) is 14.9. The second-order valence-corrected chi connectivity index (χ2v) is 4.59. The number of amides is 1. The van der Waals surface area contributed by atoms with Crippen molar-refractivity contribution >= 4 is 11.9 Å². The maximum Gasteiger partial charge on any atom is 0.328 e. The molecule has 0 aliphatic heterocycles. The van der Waals surface area contributed by atoms with Gasteiger partial charge in [0.25, 0.3) is 0 Å². The molecule has 1 aromatic heterocycles. The number of carboxylic acid groups (broad SMARTS) is 1. The summed E-state index contributed by atoms with van der Waals surface area (Å²) in [5, 5.41) is 11.3. The zero-order chi connectivity index (χ0) is 14.5. The summed E-state index contributed by atoms with van der Waals surface area (Å²) in [6.07, 6.45) is 3.02. The van der Waals surface area contributed by atoms with Crippen LogP contribution >= 0.6 is 0 Å². The van der Waals surface area contributed by atoms with Crippen molar-refractivity contribution in [2.45, 2.75) is 32.7 Å². The third-order valence-electron chi connectivity index (χ3n) is 2.40. The van der Waals surface area contributed by atoms with Crippen LogP contribution in [0.5, 0.6) is 5.88 Å². The van der Waals surface area contributed by atoms with Gasteiger partial charge < -0.3 is 15.2 Å². The van der Waals surface area contributed by atoms with Crippen molar-refractivity contribution in [2.75, 3.05) is 6.61 Å². The van der Waals surface area contributed by atoms with Crippen molar-refractivity contribution in [2.24, 2.45) is 0 Å². The van der Waals surface area contributed by atoms with Gasteiger partial charge in [0.15, 0.2) is 0 Å². The van der Waals surface area contributed by atoms with E-state index in [1.165, 1.54) is 20.2 Å². The topological polar surface area (TPSA) is 101 Å². The summed E-state index contributed by atoms with van der Waals surface area (Å²) in [6.45, 7) is 4.76. The largest absolute Gasteiger partial charge is 0.480 e. The Kier molecular flexibility index (Phi) is 4.80. The van der Waals surface area contributed by atoms with E-state index in [2.05, 4.69) is 15.3 Å². The van der Waals surface area contributed by atoms with E-state index < -0.39 is 11.5 Å². The van der Waals surface area contributed by atoms with Crippen molar-refractivity contribution in [3.05, 3.63) is 18.1 Å². The molecule has 0 aliphatic carbocycles. The Bertz CT molecular complexity index is 474. The summed E-state index contributed by atoms with van der Waals surface area (Å²) in [5.41, 5.74) is -0.518. The van der Waals surface area contributed by atoms with Crippen LogP contribution in [0.1, 0.15) is 25.8 Å². The molecule has 0 unspecified atom stereocenters. The minimum Gasteiger partial charge on any atom is -0.480 e. The fourth-order valence-electron chi connectivity index (χ4n) is 1.24. The minimum absolute atomic E-state index is 0.0557. The molecule has 1 aromatic rings. The number of hydrogen-bond donors (Lipinski definition) is 2. The average molecular weight is 267 g/mol. The van der Waals surface area contributed by atoms with E-state index in [1.807, 2.05) is 0 Å². The highest BCUT2D eigenvalue weighted by atomic mass is 16.5. The van der Waals surface area contributed by atoms with E-state index in [9.17, 15) is 9.59 Å². The third kappa shape index (κ3) is 4.53. The average Bonchev–Trinajstić information content (AvgIpc) is 2.30. The third-order valence-corrected chi connectivity index (χ3v) is 2.40. The molecule has 0 aromatic carbocycles. The van der Waals surface area contributed by atoms with Gasteiger partial charge in [-0.3, -0.25) is 4.79 Å². The predicted octanol–water partition coefficient (Wildman–Crippen LogP) is 0.533. The normalized spacial score (nSPS) is 10.9. The van der Waals surface area contributed by atoms with Crippen LogP contribution < -0.4 is 10.1 Å². The SMILES string of the molecule is Cc1cncnc1OCCC(=O)NC(C)(C)C(=O)O. The summed E-state index contributed by atoms with van der Waals surface area (Å²) in [5.74, 6) is -1.06. The smallest absolute Gasteiger partial charge is 0.328 e. The van der Waals surface area contributed by atoms with Gasteiger partial charge in [-0.05, 0) is 20.8 Å². The van der Waals surface area contributed by atoms with Crippen molar-refractivity contribution in [3.8, 4) is 5.88 Å².